The van der Waals surface area contributed by atoms with Gasteiger partial charge in [0.05, 0.1) is 11.3 Å². The van der Waals surface area contributed by atoms with Gasteiger partial charge in [0.25, 0.3) is 10.0 Å². The molecule has 1 aromatic carbocycles. The van der Waals surface area contributed by atoms with Gasteiger partial charge in [-0.05, 0) is 17.7 Å². The second-order valence-electron chi connectivity index (χ2n) is 3.07. The van der Waals surface area contributed by atoms with Crippen LogP contribution >= 0.6 is 0 Å². The Morgan fingerprint density at radius 3 is 2.79 bits per heavy atom. The number of hydrogen-bond donors (Lipinski definition) is 2. The lowest BCUT2D eigenvalue weighted by Crippen LogP contribution is -2.36. The number of nitrogens with one attached hydrogen (secondary N) is 1. The number of carbonyl (C=O) groups is 1. The van der Waals surface area contributed by atoms with Crippen LogP contribution in [0.15, 0.2) is 23.1 Å². The molecule has 74 valence electrons. The van der Waals surface area contributed by atoms with E-state index in [4.69, 9.17) is 5.73 Å². The molecule has 3 N–H and O–H groups in total. The zero-order chi connectivity index (χ0) is 10.3. The molecular formula is C8H8N2O3S. The first-order valence-corrected chi connectivity index (χ1v) is 5.41. The van der Waals surface area contributed by atoms with Crippen molar-refractivity contribution in [2.45, 2.75) is 11.3 Å². The summed E-state index contributed by atoms with van der Waals surface area (Å²) in [6, 6.07) is 4.48. The highest BCUT2D eigenvalue weighted by atomic mass is 32.2. The fourth-order valence-electron chi connectivity index (χ4n) is 1.38. The van der Waals surface area contributed by atoms with Gasteiger partial charge in [0.1, 0.15) is 0 Å². The molecule has 14 heavy (non-hydrogen) atoms. The van der Waals surface area contributed by atoms with Crippen LogP contribution in [0.4, 0.5) is 5.69 Å². The molecule has 0 radical (unpaired) electrons. The van der Waals surface area contributed by atoms with E-state index in [0.717, 1.165) is 0 Å². The maximum atomic E-state index is 11.4. The van der Waals surface area contributed by atoms with Crippen LogP contribution in [0, 0.1) is 0 Å². The number of sulfonamides is 1. The number of fused-ring (bicyclic) bond motifs is 1. The highest BCUT2D eigenvalue weighted by Gasteiger charge is 2.27. The third kappa shape index (κ3) is 1.33. The third-order valence-electron chi connectivity index (χ3n) is 1.98. The van der Waals surface area contributed by atoms with Gasteiger partial charge in [-0.3, -0.25) is 4.79 Å². The summed E-state index contributed by atoms with van der Waals surface area (Å²) < 4.78 is 24.8. The number of nitrogens with two attached hydrogens (primary N) is 1. The lowest BCUT2D eigenvalue weighted by Gasteiger charge is -2.16. The largest absolute Gasteiger partial charge is 0.399 e. The zero-order valence-electron chi connectivity index (χ0n) is 7.15. The summed E-state index contributed by atoms with van der Waals surface area (Å²) in [5.74, 6) is -0.512. The number of anilines is 1. The average Bonchev–Trinajstić information content (AvgIpc) is 2.05. The number of carbonyl (C=O) groups excluding carboxylic acids is 1. The molecule has 1 aliphatic heterocycles. The van der Waals surface area contributed by atoms with E-state index >= 15 is 0 Å². The summed E-state index contributed by atoms with van der Waals surface area (Å²) in [5, 5.41) is 0. The first-order chi connectivity index (χ1) is 6.49. The van der Waals surface area contributed by atoms with Crippen molar-refractivity contribution in [3.8, 4) is 0 Å². The van der Waals surface area contributed by atoms with E-state index in [2.05, 4.69) is 0 Å². The highest BCUT2D eigenvalue weighted by molar-refractivity contribution is 7.90. The average molecular weight is 212 g/mol. The number of hydrogen-bond acceptors (Lipinski definition) is 4. The predicted molar refractivity (Wildman–Crippen MR) is 49.9 cm³/mol. The SMILES string of the molecule is Nc1ccc2c(c1)S(=O)(=O)NC(=O)C2. The molecule has 1 heterocycles. The fourth-order valence-corrected chi connectivity index (χ4v) is 2.64. The van der Waals surface area contributed by atoms with Crippen molar-refractivity contribution >= 4 is 21.6 Å². The highest BCUT2D eigenvalue weighted by Crippen LogP contribution is 2.22. The van der Waals surface area contributed by atoms with Gasteiger partial charge < -0.3 is 5.73 Å². The van der Waals surface area contributed by atoms with Gasteiger partial charge in [-0.1, -0.05) is 6.07 Å². The van der Waals surface area contributed by atoms with Crippen LogP contribution in [0.1, 0.15) is 5.56 Å². The van der Waals surface area contributed by atoms with Gasteiger partial charge >= 0.3 is 0 Å². The van der Waals surface area contributed by atoms with Crippen LogP contribution in [0.3, 0.4) is 0 Å². The van der Waals surface area contributed by atoms with Crippen molar-refractivity contribution in [3.63, 3.8) is 0 Å². The van der Waals surface area contributed by atoms with Gasteiger partial charge in [-0.15, -0.1) is 0 Å². The monoisotopic (exact) mass is 212 g/mol. The summed E-state index contributed by atoms with van der Waals surface area (Å²) >= 11 is 0. The molecule has 6 heteroatoms. The van der Waals surface area contributed by atoms with Gasteiger partial charge in [0.2, 0.25) is 5.91 Å². The Labute approximate surface area is 81.0 Å². The van der Waals surface area contributed by atoms with Crippen LogP contribution < -0.4 is 10.5 Å². The van der Waals surface area contributed by atoms with Crippen LogP contribution in [-0.4, -0.2) is 14.3 Å². The second-order valence-corrected chi connectivity index (χ2v) is 4.72. The molecule has 1 aromatic rings. The number of amides is 1. The predicted octanol–water partition coefficient (Wildman–Crippen LogP) is -0.370. The Kier molecular flexibility index (Phi) is 1.75. The minimum absolute atomic E-state index is 0.0782. The summed E-state index contributed by atoms with van der Waals surface area (Å²) in [4.78, 5) is 11.1. The number of nitrogen functional groups attached to an aromatic ring is 1. The zero-order valence-corrected chi connectivity index (χ0v) is 7.97. The van der Waals surface area contributed by atoms with Crippen molar-refractivity contribution in [2.75, 3.05) is 5.73 Å². The summed E-state index contributed by atoms with van der Waals surface area (Å²) in [5.41, 5.74) is 6.31. The van der Waals surface area contributed by atoms with E-state index in [1.165, 1.54) is 6.07 Å². The maximum Gasteiger partial charge on any atom is 0.264 e. The molecule has 1 amide bonds. The van der Waals surface area contributed by atoms with E-state index in [9.17, 15) is 13.2 Å². The molecule has 2 rings (SSSR count). The van der Waals surface area contributed by atoms with Crippen LogP contribution in [-0.2, 0) is 21.2 Å². The van der Waals surface area contributed by atoms with Crippen molar-refractivity contribution < 1.29 is 13.2 Å². The normalized spacial score (nSPS) is 18.4. The lowest BCUT2D eigenvalue weighted by molar-refractivity contribution is -0.118. The number of benzene rings is 1. The molecule has 0 fully saturated rings. The van der Waals surface area contributed by atoms with E-state index in [0.29, 0.717) is 11.3 Å². The minimum atomic E-state index is -3.69. The Balaban J connectivity index is 2.71. The molecular weight excluding hydrogens is 204 g/mol. The van der Waals surface area contributed by atoms with Crippen molar-refractivity contribution in [1.29, 1.82) is 0 Å². The Bertz CT molecular complexity index is 507. The van der Waals surface area contributed by atoms with Gasteiger partial charge in [-0.25, -0.2) is 13.1 Å². The van der Waals surface area contributed by atoms with Crippen LogP contribution in [0.5, 0.6) is 0 Å². The van der Waals surface area contributed by atoms with E-state index < -0.39 is 15.9 Å². The fraction of sp³-hybridized carbons (Fsp3) is 0.125. The summed E-state index contributed by atoms with van der Waals surface area (Å²) in [6.07, 6.45) is 0.0782. The van der Waals surface area contributed by atoms with E-state index in [1.54, 1.807) is 12.1 Å². The van der Waals surface area contributed by atoms with Crippen molar-refractivity contribution in [1.82, 2.24) is 4.72 Å². The summed E-state index contributed by atoms with van der Waals surface area (Å²) in [6.45, 7) is 0. The molecule has 0 saturated heterocycles. The number of rotatable bonds is 0. The molecule has 0 aliphatic carbocycles. The first-order valence-electron chi connectivity index (χ1n) is 3.93. The summed E-state index contributed by atoms with van der Waals surface area (Å²) in [7, 11) is -3.69. The maximum absolute atomic E-state index is 11.4. The van der Waals surface area contributed by atoms with Gasteiger partial charge in [0, 0.05) is 5.69 Å². The molecule has 0 spiro atoms. The molecule has 0 bridgehead atoms. The van der Waals surface area contributed by atoms with E-state index in [1.807, 2.05) is 4.72 Å². The molecule has 0 aromatic heterocycles. The standard InChI is InChI=1S/C8H8N2O3S/c9-6-2-1-5-3-8(11)10-14(12,13)7(5)4-6/h1-2,4H,3,9H2,(H,10,11). The Hall–Kier alpha value is -1.56. The second kappa shape index (κ2) is 2.71. The van der Waals surface area contributed by atoms with Crippen LogP contribution in [0.25, 0.3) is 0 Å². The third-order valence-corrected chi connectivity index (χ3v) is 3.44. The molecule has 5 nitrogen and oxygen atoms in total. The lowest BCUT2D eigenvalue weighted by atomic mass is 10.1. The molecule has 0 atom stereocenters. The minimum Gasteiger partial charge on any atom is -0.399 e. The molecule has 1 aliphatic rings. The van der Waals surface area contributed by atoms with Crippen LogP contribution in [0.2, 0.25) is 0 Å². The quantitative estimate of drug-likeness (QED) is 0.574. The topological polar surface area (TPSA) is 89.3 Å². The van der Waals surface area contributed by atoms with E-state index in [-0.39, 0.29) is 11.3 Å². The van der Waals surface area contributed by atoms with Crippen molar-refractivity contribution in [3.05, 3.63) is 23.8 Å². The first kappa shape index (κ1) is 9.01. The van der Waals surface area contributed by atoms with Gasteiger partial charge in [-0.2, -0.15) is 0 Å². The van der Waals surface area contributed by atoms with Gasteiger partial charge in [0.15, 0.2) is 0 Å². The van der Waals surface area contributed by atoms with Crippen molar-refractivity contribution in [2.24, 2.45) is 0 Å². The molecule has 0 unspecified atom stereocenters. The Morgan fingerprint density at radius 1 is 1.36 bits per heavy atom. The Morgan fingerprint density at radius 2 is 2.07 bits per heavy atom. The smallest absolute Gasteiger partial charge is 0.264 e. The molecule has 0 saturated carbocycles.